The van der Waals surface area contributed by atoms with E-state index in [0.717, 1.165) is 17.3 Å². The molecule has 2 aromatic rings. The smallest absolute Gasteiger partial charge is 0.267 e. The van der Waals surface area contributed by atoms with E-state index in [9.17, 15) is 4.79 Å². The van der Waals surface area contributed by atoms with Gasteiger partial charge in [-0.15, -0.1) is 0 Å². The van der Waals surface area contributed by atoms with Crippen LogP contribution in [-0.4, -0.2) is 16.9 Å². The van der Waals surface area contributed by atoms with Crippen molar-refractivity contribution < 1.29 is 4.79 Å². The Bertz CT molecular complexity index is 701. The first-order valence-corrected chi connectivity index (χ1v) is 8.36. The third-order valence-electron chi connectivity index (χ3n) is 5.36. The summed E-state index contributed by atoms with van der Waals surface area (Å²) in [4.78, 5) is 15.9. The molecular weight excluding hydrogens is 272 g/mol. The SMILES string of the molecule is Cc1cc(C)c2cc(C(=O)N[C@H]3CCC[C@@H](C)[C@@H]3C)[nH]c2c1. The fourth-order valence-electron chi connectivity index (χ4n) is 3.75. The van der Waals surface area contributed by atoms with Crippen molar-refractivity contribution in [2.75, 3.05) is 0 Å². The van der Waals surface area contributed by atoms with E-state index in [0.29, 0.717) is 23.6 Å². The molecule has 1 amide bonds. The monoisotopic (exact) mass is 298 g/mol. The molecule has 3 atom stereocenters. The van der Waals surface area contributed by atoms with Gasteiger partial charge in [-0.3, -0.25) is 4.79 Å². The summed E-state index contributed by atoms with van der Waals surface area (Å²) in [6.45, 7) is 8.72. The number of aromatic nitrogens is 1. The normalized spacial score (nSPS) is 25.4. The number of aromatic amines is 1. The van der Waals surface area contributed by atoms with E-state index < -0.39 is 0 Å². The minimum Gasteiger partial charge on any atom is -0.351 e. The summed E-state index contributed by atoms with van der Waals surface area (Å²) in [5, 5.41) is 4.38. The third kappa shape index (κ3) is 2.77. The average Bonchev–Trinajstić information content (AvgIpc) is 2.88. The molecule has 1 aliphatic carbocycles. The highest BCUT2D eigenvalue weighted by Gasteiger charge is 2.28. The van der Waals surface area contributed by atoms with Gasteiger partial charge < -0.3 is 10.3 Å². The highest BCUT2D eigenvalue weighted by atomic mass is 16.1. The molecule has 0 bridgehead atoms. The second-order valence-electron chi connectivity index (χ2n) is 7.07. The fraction of sp³-hybridized carbons (Fsp3) is 0.526. The lowest BCUT2D eigenvalue weighted by atomic mass is 9.78. The van der Waals surface area contributed by atoms with E-state index in [1.807, 2.05) is 6.07 Å². The zero-order valence-corrected chi connectivity index (χ0v) is 14.0. The van der Waals surface area contributed by atoms with E-state index in [4.69, 9.17) is 0 Å². The number of carbonyl (C=O) groups is 1. The van der Waals surface area contributed by atoms with Crippen molar-refractivity contribution in [3.8, 4) is 0 Å². The molecule has 0 spiro atoms. The van der Waals surface area contributed by atoms with Gasteiger partial charge in [-0.1, -0.05) is 32.8 Å². The number of carbonyl (C=O) groups excluding carboxylic acids is 1. The van der Waals surface area contributed by atoms with Crippen LogP contribution in [0.1, 0.15) is 54.7 Å². The van der Waals surface area contributed by atoms with Gasteiger partial charge >= 0.3 is 0 Å². The number of H-pyrrole nitrogens is 1. The van der Waals surface area contributed by atoms with Crippen LogP contribution in [0, 0.1) is 25.7 Å². The second-order valence-corrected chi connectivity index (χ2v) is 7.07. The van der Waals surface area contributed by atoms with E-state index in [1.54, 1.807) is 0 Å². The van der Waals surface area contributed by atoms with Gasteiger partial charge in [-0.2, -0.15) is 0 Å². The number of nitrogens with one attached hydrogen (secondary N) is 2. The zero-order valence-electron chi connectivity index (χ0n) is 14.0. The molecule has 1 aromatic heterocycles. The molecule has 0 radical (unpaired) electrons. The Morgan fingerprint density at radius 2 is 1.95 bits per heavy atom. The number of aryl methyl sites for hydroxylation is 2. The van der Waals surface area contributed by atoms with Gasteiger partial charge in [0.05, 0.1) is 0 Å². The Morgan fingerprint density at radius 3 is 2.73 bits per heavy atom. The maximum Gasteiger partial charge on any atom is 0.267 e. The van der Waals surface area contributed by atoms with Crippen LogP contribution in [0.15, 0.2) is 18.2 Å². The molecule has 0 unspecified atom stereocenters. The predicted molar refractivity (Wildman–Crippen MR) is 91.2 cm³/mol. The van der Waals surface area contributed by atoms with E-state index in [2.05, 4.69) is 50.1 Å². The highest BCUT2D eigenvalue weighted by molar-refractivity contribution is 5.99. The van der Waals surface area contributed by atoms with Crippen molar-refractivity contribution in [2.45, 2.75) is 53.0 Å². The van der Waals surface area contributed by atoms with Gasteiger partial charge in [0.2, 0.25) is 0 Å². The summed E-state index contributed by atoms with van der Waals surface area (Å²) in [6.07, 6.45) is 3.58. The zero-order chi connectivity index (χ0) is 15.9. The largest absolute Gasteiger partial charge is 0.351 e. The van der Waals surface area contributed by atoms with Gasteiger partial charge in [0, 0.05) is 16.9 Å². The van der Waals surface area contributed by atoms with Gasteiger partial charge in [-0.25, -0.2) is 0 Å². The number of benzene rings is 1. The summed E-state index contributed by atoms with van der Waals surface area (Å²) < 4.78 is 0. The molecule has 1 fully saturated rings. The average molecular weight is 298 g/mol. The molecule has 1 aliphatic rings. The first-order chi connectivity index (χ1) is 10.5. The number of hydrogen-bond donors (Lipinski definition) is 2. The Hall–Kier alpha value is -1.77. The molecule has 0 aliphatic heterocycles. The van der Waals surface area contributed by atoms with Crippen LogP contribution in [0.4, 0.5) is 0 Å². The summed E-state index contributed by atoms with van der Waals surface area (Å²) >= 11 is 0. The van der Waals surface area contributed by atoms with Crippen molar-refractivity contribution in [3.63, 3.8) is 0 Å². The Balaban J connectivity index is 1.82. The minimum atomic E-state index is 0.0270. The standard InChI is InChI=1S/C19H26N2O/c1-11-8-13(3)15-10-18(20-17(15)9-11)19(22)21-16-7-5-6-12(2)14(16)4/h8-10,12,14,16,20H,5-7H2,1-4H3,(H,21,22)/t12-,14+,16+/m1/s1. The van der Waals surface area contributed by atoms with Crippen LogP contribution >= 0.6 is 0 Å². The summed E-state index contributed by atoms with van der Waals surface area (Å²) in [5.74, 6) is 1.26. The molecule has 3 nitrogen and oxygen atoms in total. The molecule has 1 aromatic carbocycles. The Labute approximate surface area is 132 Å². The third-order valence-corrected chi connectivity index (χ3v) is 5.36. The van der Waals surface area contributed by atoms with Crippen LogP contribution < -0.4 is 5.32 Å². The van der Waals surface area contributed by atoms with Crippen LogP contribution in [-0.2, 0) is 0 Å². The van der Waals surface area contributed by atoms with E-state index in [-0.39, 0.29) is 5.91 Å². The molecule has 1 heterocycles. The minimum absolute atomic E-state index is 0.0270. The van der Waals surface area contributed by atoms with Crippen LogP contribution in [0.3, 0.4) is 0 Å². The van der Waals surface area contributed by atoms with Crippen LogP contribution in [0.5, 0.6) is 0 Å². The molecule has 22 heavy (non-hydrogen) atoms. The lowest BCUT2D eigenvalue weighted by Gasteiger charge is -2.34. The van der Waals surface area contributed by atoms with Gasteiger partial charge in [0.1, 0.15) is 5.69 Å². The molecule has 3 rings (SSSR count). The van der Waals surface area contributed by atoms with E-state index >= 15 is 0 Å². The highest BCUT2D eigenvalue weighted by Crippen LogP contribution is 2.30. The molecule has 2 N–H and O–H groups in total. The first-order valence-electron chi connectivity index (χ1n) is 8.36. The van der Waals surface area contributed by atoms with Crippen molar-refractivity contribution in [2.24, 2.45) is 11.8 Å². The van der Waals surface area contributed by atoms with Crippen LogP contribution in [0.25, 0.3) is 10.9 Å². The fourth-order valence-corrected chi connectivity index (χ4v) is 3.75. The Kier molecular flexibility index (Phi) is 3.98. The molecule has 118 valence electrons. The summed E-state index contributed by atoms with van der Waals surface area (Å²) in [6, 6.07) is 6.54. The maximum absolute atomic E-state index is 12.6. The maximum atomic E-state index is 12.6. The van der Waals surface area contributed by atoms with Crippen molar-refractivity contribution in [3.05, 3.63) is 35.0 Å². The lowest BCUT2D eigenvalue weighted by molar-refractivity contribution is 0.0887. The number of rotatable bonds is 2. The molecular formula is C19H26N2O. The molecule has 3 heteroatoms. The quantitative estimate of drug-likeness (QED) is 0.851. The predicted octanol–water partition coefficient (Wildman–Crippen LogP) is 4.34. The summed E-state index contributed by atoms with van der Waals surface area (Å²) in [7, 11) is 0. The van der Waals surface area contributed by atoms with E-state index in [1.165, 1.54) is 24.0 Å². The summed E-state index contributed by atoms with van der Waals surface area (Å²) in [5.41, 5.74) is 4.15. The lowest BCUT2D eigenvalue weighted by Crippen LogP contribution is -2.43. The van der Waals surface area contributed by atoms with Gasteiger partial charge in [0.15, 0.2) is 0 Å². The van der Waals surface area contributed by atoms with Crippen LogP contribution in [0.2, 0.25) is 0 Å². The topological polar surface area (TPSA) is 44.9 Å². The van der Waals surface area contributed by atoms with Crippen molar-refractivity contribution in [1.29, 1.82) is 0 Å². The molecule has 0 saturated heterocycles. The van der Waals surface area contributed by atoms with Gasteiger partial charge in [-0.05, 0) is 55.4 Å². The Morgan fingerprint density at radius 1 is 1.18 bits per heavy atom. The molecule has 1 saturated carbocycles. The second kappa shape index (κ2) is 5.79. The van der Waals surface area contributed by atoms with Gasteiger partial charge in [0.25, 0.3) is 5.91 Å². The number of hydrogen-bond acceptors (Lipinski definition) is 1. The van der Waals surface area contributed by atoms with Crippen molar-refractivity contribution >= 4 is 16.8 Å². The van der Waals surface area contributed by atoms with Crippen molar-refractivity contribution in [1.82, 2.24) is 10.3 Å². The number of fused-ring (bicyclic) bond motifs is 1. The first kappa shape index (κ1) is 15.1. The number of amides is 1.